The predicted molar refractivity (Wildman–Crippen MR) is 99.3 cm³/mol. The second-order valence-corrected chi connectivity index (χ2v) is 6.50. The maximum atomic E-state index is 13.0. The number of nitrogens with two attached hydrogens (primary N) is 1. The van der Waals surface area contributed by atoms with Gasteiger partial charge in [0.1, 0.15) is 11.3 Å². The minimum absolute atomic E-state index is 0.0290. The summed E-state index contributed by atoms with van der Waals surface area (Å²) in [5, 5.41) is 7.28. The van der Waals surface area contributed by atoms with E-state index in [4.69, 9.17) is 5.73 Å². The average molecular weight is 406 g/mol. The molecular weight excluding hydrogens is 389 g/mol. The highest BCUT2D eigenvalue weighted by molar-refractivity contribution is 6.05. The van der Waals surface area contributed by atoms with Crippen LogP contribution in [0.2, 0.25) is 0 Å². The van der Waals surface area contributed by atoms with Crippen LogP contribution in [0.15, 0.2) is 36.7 Å². The van der Waals surface area contributed by atoms with Crippen LogP contribution in [0.4, 0.5) is 30.4 Å². The van der Waals surface area contributed by atoms with E-state index in [0.717, 1.165) is 0 Å². The highest BCUT2D eigenvalue weighted by Crippen LogP contribution is 2.48. The van der Waals surface area contributed by atoms with Crippen molar-refractivity contribution >= 4 is 28.7 Å². The van der Waals surface area contributed by atoms with Crippen LogP contribution >= 0.6 is 0 Å². The van der Waals surface area contributed by atoms with Gasteiger partial charge in [-0.15, -0.1) is 18.3 Å². The maximum Gasteiger partial charge on any atom is 0.573 e. The third kappa shape index (κ3) is 3.50. The summed E-state index contributed by atoms with van der Waals surface area (Å²) >= 11 is 0. The number of nitrogens with one attached hydrogen (secondary N) is 1. The van der Waals surface area contributed by atoms with Crippen LogP contribution < -0.4 is 20.7 Å². The largest absolute Gasteiger partial charge is 0.573 e. The van der Waals surface area contributed by atoms with Crippen molar-refractivity contribution in [2.75, 3.05) is 17.3 Å². The highest BCUT2D eigenvalue weighted by Gasteiger charge is 2.40. The zero-order valence-electron chi connectivity index (χ0n) is 15.3. The topological polar surface area (TPSA) is 97.8 Å². The summed E-state index contributed by atoms with van der Waals surface area (Å²) in [6, 6.07) is 5.74. The number of aromatic nitrogens is 3. The number of hydrogen-bond donors (Lipinski definition) is 2. The molecule has 29 heavy (non-hydrogen) atoms. The lowest BCUT2D eigenvalue weighted by Gasteiger charge is -2.28. The van der Waals surface area contributed by atoms with E-state index in [1.165, 1.54) is 22.8 Å². The molecule has 1 amide bonds. The number of nitrogens with zero attached hydrogens (tertiary/aromatic N) is 4. The zero-order chi connectivity index (χ0) is 20.8. The molecule has 0 saturated heterocycles. The standard InChI is InChI=1S/C18H17F3N6O2/c1-23-11-4-2-5-12(29-18(19,20)21)14(11)27(10-6-7-10)17-13(15(22)28)16-24-8-3-9-26(16)25-17/h2-5,8-10,23H,6-7H2,1H3,(H2,22,28). The molecule has 0 atom stereocenters. The molecule has 8 nitrogen and oxygen atoms in total. The number of anilines is 3. The Labute approximate surface area is 163 Å². The number of para-hydroxylation sites is 1. The second-order valence-electron chi connectivity index (χ2n) is 6.50. The van der Waals surface area contributed by atoms with E-state index in [0.29, 0.717) is 18.5 Å². The fraction of sp³-hybridized carbons (Fsp3) is 0.278. The fourth-order valence-electron chi connectivity index (χ4n) is 3.24. The summed E-state index contributed by atoms with van der Waals surface area (Å²) in [7, 11) is 1.58. The molecule has 1 fully saturated rings. The second kappa shape index (κ2) is 6.83. The first-order valence-electron chi connectivity index (χ1n) is 8.79. The summed E-state index contributed by atoms with van der Waals surface area (Å²) in [5.41, 5.74) is 6.35. The van der Waals surface area contributed by atoms with Crippen LogP contribution in [0.5, 0.6) is 5.75 Å². The third-order valence-electron chi connectivity index (χ3n) is 4.50. The molecule has 0 aliphatic heterocycles. The van der Waals surface area contributed by atoms with Crippen LogP contribution in [0.1, 0.15) is 23.2 Å². The Balaban J connectivity index is 1.97. The van der Waals surface area contributed by atoms with Crippen LogP contribution in [-0.2, 0) is 0 Å². The summed E-state index contributed by atoms with van der Waals surface area (Å²) in [6.07, 6.45) is -0.399. The first kappa shape index (κ1) is 18.8. The summed E-state index contributed by atoms with van der Waals surface area (Å²) in [4.78, 5) is 17.9. The lowest BCUT2D eigenvalue weighted by atomic mass is 10.2. The number of carbonyl (C=O) groups is 1. The van der Waals surface area contributed by atoms with Gasteiger partial charge in [-0.2, -0.15) is 0 Å². The van der Waals surface area contributed by atoms with Crippen molar-refractivity contribution in [1.82, 2.24) is 14.6 Å². The van der Waals surface area contributed by atoms with Gasteiger partial charge in [0.25, 0.3) is 5.91 Å². The molecule has 11 heteroatoms. The SMILES string of the molecule is CNc1cccc(OC(F)(F)F)c1N(c1nn2cccnc2c1C(N)=O)C1CC1. The van der Waals surface area contributed by atoms with Gasteiger partial charge < -0.3 is 20.7 Å². The fourth-order valence-corrected chi connectivity index (χ4v) is 3.24. The molecule has 0 bridgehead atoms. The quantitative estimate of drug-likeness (QED) is 0.653. The van der Waals surface area contributed by atoms with Crippen molar-refractivity contribution in [2.24, 2.45) is 5.73 Å². The number of alkyl halides is 3. The van der Waals surface area contributed by atoms with Gasteiger partial charge in [-0.25, -0.2) is 9.50 Å². The molecule has 1 aliphatic rings. The Hall–Kier alpha value is -3.50. The van der Waals surface area contributed by atoms with Gasteiger partial charge in [-0.1, -0.05) is 6.07 Å². The number of ether oxygens (including phenoxy) is 1. The van der Waals surface area contributed by atoms with Crippen molar-refractivity contribution in [3.63, 3.8) is 0 Å². The normalized spacial score (nSPS) is 14.1. The highest BCUT2D eigenvalue weighted by atomic mass is 19.4. The molecular formula is C18H17F3N6O2. The number of carbonyl (C=O) groups excluding carboxylic acids is 1. The summed E-state index contributed by atoms with van der Waals surface area (Å²) < 4.78 is 44.8. The van der Waals surface area contributed by atoms with Gasteiger partial charge in [-0.05, 0) is 31.0 Å². The van der Waals surface area contributed by atoms with E-state index in [1.54, 1.807) is 30.3 Å². The van der Waals surface area contributed by atoms with Crippen molar-refractivity contribution < 1.29 is 22.7 Å². The number of fused-ring (bicyclic) bond motifs is 1. The Morgan fingerprint density at radius 2 is 2.10 bits per heavy atom. The van der Waals surface area contributed by atoms with Crippen molar-refractivity contribution in [3.05, 3.63) is 42.2 Å². The van der Waals surface area contributed by atoms with E-state index in [2.05, 4.69) is 20.1 Å². The smallest absolute Gasteiger partial charge is 0.403 e. The average Bonchev–Trinajstić information content (AvgIpc) is 3.40. The monoisotopic (exact) mass is 406 g/mol. The Bertz CT molecular complexity index is 1080. The number of benzene rings is 1. The van der Waals surface area contributed by atoms with E-state index in [-0.39, 0.29) is 28.8 Å². The molecule has 3 N–H and O–H groups in total. The number of primary amides is 1. The van der Waals surface area contributed by atoms with Gasteiger partial charge in [0.05, 0.1) is 5.69 Å². The predicted octanol–water partition coefficient (Wildman–Crippen LogP) is 3.07. The van der Waals surface area contributed by atoms with Crippen LogP contribution in [-0.4, -0.2) is 40.0 Å². The minimum Gasteiger partial charge on any atom is -0.403 e. The van der Waals surface area contributed by atoms with Gasteiger partial charge in [0, 0.05) is 25.5 Å². The summed E-state index contributed by atoms with van der Waals surface area (Å²) in [5.74, 6) is -1.05. The van der Waals surface area contributed by atoms with Gasteiger partial charge in [0.15, 0.2) is 17.2 Å². The molecule has 0 spiro atoms. The molecule has 1 saturated carbocycles. The summed E-state index contributed by atoms with van der Waals surface area (Å²) in [6.45, 7) is 0. The molecule has 1 aromatic carbocycles. The van der Waals surface area contributed by atoms with E-state index < -0.39 is 18.0 Å². The molecule has 1 aliphatic carbocycles. The Morgan fingerprint density at radius 1 is 1.34 bits per heavy atom. The molecule has 2 heterocycles. The number of rotatable bonds is 6. The first-order chi connectivity index (χ1) is 13.8. The lowest BCUT2D eigenvalue weighted by Crippen LogP contribution is -2.27. The molecule has 0 unspecified atom stereocenters. The van der Waals surface area contributed by atoms with Crippen LogP contribution in [0.25, 0.3) is 5.65 Å². The molecule has 2 aromatic heterocycles. The van der Waals surface area contributed by atoms with E-state index >= 15 is 0 Å². The van der Waals surface area contributed by atoms with Crippen molar-refractivity contribution in [3.8, 4) is 5.75 Å². The Morgan fingerprint density at radius 3 is 2.72 bits per heavy atom. The maximum absolute atomic E-state index is 13.0. The van der Waals surface area contributed by atoms with E-state index in [1.807, 2.05) is 0 Å². The number of hydrogen-bond acceptors (Lipinski definition) is 6. The first-order valence-corrected chi connectivity index (χ1v) is 8.79. The number of halogens is 3. The molecule has 4 rings (SSSR count). The lowest BCUT2D eigenvalue weighted by molar-refractivity contribution is -0.274. The minimum atomic E-state index is -4.89. The van der Waals surface area contributed by atoms with Crippen LogP contribution in [0.3, 0.4) is 0 Å². The number of amides is 1. The van der Waals surface area contributed by atoms with Gasteiger partial charge in [-0.3, -0.25) is 4.79 Å². The van der Waals surface area contributed by atoms with E-state index in [9.17, 15) is 18.0 Å². The Kier molecular flexibility index (Phi) is 4.44. The molecule has 3 aromatic rings. The van der Waals surface area contributed by atoms with Gasteiger partial charge in [0.2, 0.25) is 0 Å². The molecule has 0 radical (unpaired) electrons. The third-order valence-corrected chi connectivity index (χ3v) is 4.50. The zero-order valence-corrected chi connectivity index (χ0v) is 15.3. The van der Waals surface area contributed by atoms with Crippen molar-refractivity contribution in [2.45, 2.75) is 25.2 Å². The van der Waals surface area contributed by atoms with Crippen molar-refractivity contribution in [1.29, 1.82) is 0 Å². The molecule has 152 valence electrons. The van der Waals surface area contributed by atoms with Crippen LogP contribution in [0, 0.1) is 0 Å². The van der Waals surface area contributed by atoms with Gasteiger partial charge >= 0.3 is 6.36 Å².